The molecule has 4 unspecified atom stereocenters. The van der Waals surface area contributed by atoms with E-state index < -0.39 is 74.6 Å². The number of hydrogen-bond donors (Lipinski definition) is 8. The van der Waals surface area contributed by atoms with Crippen LogP contribution in [0.25, 0.3) is 0 Å². The first-order valence-corrected chi connectivity index (χ1v) is 9.81. The standard InChI is InChI=1S/C18H32O12/c19-7-9-11(21)13(23)15(25)17(29-9)27-5-3-1-2-4-6-28-18-16(26)14(24)12(22)10(8-20)30-18/h1-2,9-26H,3-8H2/b2-1+/t9?,10?,11-,12+,13-,14+,15?,16?,17+,18-. The van der Waals surface area contributed by atoms with E-state index in [1.807, 2.05) is 0 Å². The summed E-state index contributed by atoms with van der Waals surface area (Å²) in [5, 5.41) is 76.7. The summed E-state index contributed by atoms with van der Waals surface area (Å²) in [6.45, 7) is -0.766. The Morgan fingerprint density at radius 1 is 0.567 bits per heavy atom. The summed E-state index contributed by atoms with van der Waals surface area (Å²) in [4.78, 5) is 0. The Bertz CT molecular complexity index is 471. The van der Waals surface area contributed by atoms with Crippen LogP contribution in [0.5, 0.6) is 0 Å². The predicted octanol–water partition coefficient (Wildman–Crippen LogP) is -4.04. The summed E-state index contributed by atoms with van der Waals surface area (Å²) in [5.41, 5.74) is 0. The van der Waals surface area contributed by atoms with Crippen molar-refractivity contribution in [3.63, 3.8) is 0 Å². The molecule has 0 aromatic carbocycles. The summed E-state index contributed by atoms with van der Waals surface area (Å²) >= 11 is 0. The van der Waals surface area contributed by atoms with Crippen LogP contribution in [-0.4, -0.2) is 129 Å². The maximum atomic E-state index is 9.85. The van der Waals surface area contributed by atoms with Crippen molar-refractivity contribution >= 4 is 0 Å². The van der Waals surface area contributed by atoms with E-state index in [2.05, 4.69) is 0 Å². The molecule has 0 aliphatic carbocycles. The van der Waals surface area contributed by atoms with Crippen molar-refractivity contribution in [3.05, 3.63) is 12.2 Å². The normalized spacial score (nSPS) is 42.7. The van der Waals surface area contributed by atoms with Crippen molar-refractivity contribution in [3.8, 4) is 0 Å². The van der Waals surface area contributed by atoms with Gasteiger partial charge in [0.25, 0.3) is 0 Å². The Morgan fingerprint density at radius 2 is 0.933 bits per heavy atom. The van der Waals surface area contributed by atoms with Gasteiger partial charge < -0.3 is 59.8 Å². The lowest BCUT2D eigenvalue weighted by molar-refractivity contribution is -0.300. The van der Waals surface area contributed by atoms with Crippen molar-refractivity contribution in [2.45, 2.75) is 74.3 Å². The number of rotatable bonds is 10. The van der Waals surface area contributed by atoms with Gasteiger partial charge in [0.15, 0.2) is 12.6 Å². The minimum atomic E-state index is -1.49. The topological polar surface area (TPSA) is 199 Å². The van der Waals surface area contributed by atoms with Gasteiger partial charge in [-0.15, -0.1) is 0 Å². The molecular formula is C18H32O12. The molecule has 0 saturated carbocycles. The molecule has 12 nitrogen and oxygen atoms in total. The van der Waals surface area contributed by atoms with E-state index in [-0.39, 0.29) is 13.2 Å². The summed E-state index contributed by atoms with van der Waals surface area (Å²) in [6, 6.07) is 0. The maximum absolute atomic E-state index is 9.85. The van der Waals surface area contributed by atoms with Crippen LogP contribution >= 0.6 is 0 Å². The fraction of sp³-hybridized carbons (Fsp3) is 0.889. The highest BCUT2D eigenvalue weighted by Gasteiger charge is 2.44. The molecule has 2 aliphatic heterocycles. The van der Waals surface area contributed by atoms with E-state index in [1.54, 1.807) is 12.2 Å². The molecule has 8 N–H and O–H groups in total. The highest BCUT2D eigenvalue weighted by Crippen LogP contribution is 2.23. The van der Waals surface area contributed by atoms with E-state index in [9.17, 15) is 30.6 Å². The molecule has 0 radical (unpaired) electrons. The molecule has 2 heterocycles. The summed E-state index contributed by atoms with van der Waals surface area (Å²) in [7, 11) is 0. The molecule has 0 spiro atoms. The zero-order valence-electron chi connectivity index (χ0n) is 16.4. The minimum Gasteiger partial charge on any atom is -0.394 e. The fourth-order valence-electron chi connectivity index (χ4n) is 3.15. The number of ether oxygens (including phenoxy) is 4. The van der Waals surface area contributed by atoms with Gasteiger partial charge in [0.05, 0.1) is 26.4 Å². The van der Waals surface area contributed by atoms with E-state index in [0.717, 1.165) is 0 Å². The third kappa shape index (κ3) is 6.38. The van der Waals surface area contributed by atoms with Gasteiger partial charge in [0.1, 0.15) is 48.8 Å². The van der Waals surface area contributed by atoms with Crippen molar-refractivity contribution in [1.82, 2.24) is 0 Å². The molecule has 2 saturated heterocycles. The van der Waals surface area contributed by atoms with Crippen molar-refractivity contribution in [2.75, 3.05) is 26.4 Å². The Kier molecular flexibility index (Phi) is 10.5. The lowest BCUT2D eigenvalue weighted by Gasteiger charge is -2.39. The van der Waals surface area contributed by atoms with Gasteiger partial charge in [-0.3, -0.25) is 0 Å². The van der Waals surface area contributed by atoms with E-state index in [1.165, 1.54) is 0 Å². The molecule has 0 aromatic rings. The molecule has 2 aliphatic rings. The van der Waals surface area contributed by atoms with E-state index >= 15 is 0 Å². The molecule has 30 heavy (non-hydrogen) atoms. The Morgan fingerprint density at radius 3 is 1.27 bits per heavy atom. The second-order valence-corrected chi connectivity index (χ2v) is 7.18. The quantitative estimate of drug-likeness (QED) is 0.121. The smallest absolute Gasteiger partial charge is 0.186 e. The highest BCUT2D eigenvalue weighted by molar-refractivity contribution is 4.90. The van der Waals surface area contributed by atoms with Crippen molar-refractivity contribution in [2.24, 2.45) is 0 Å². The first-order valence-electron chi connectivity index (χ1n) is 9.81. The van der Waals surface area contributed by atoms with E-state index in [4.69, 9.17) is 29.2 Å². The first kappa shape index (κ1) is 25.5. The molecule has 2 rings (SSSR count). The Balaban J connectivity index is 1.63. The third-order valence-electron chi connectivity index (χ3n) is 5.00. The molecular weight excluding hydrogens is 408 g/mol. The van der Waals surface area contributed by atoms with Crippen LogP contribution in [0.15, 0.2) is 12.2 Å². The van der Waals surface area contributed by atoms with Crippen LogP contribution < -0.4 is 0 Å². The summed E-state index contributed by atoms with van der Waals surface area (Å²) in [5.74, 6) is 0. The summed E-state index contributed by atoms with van der Waals surface area (Å²) < 4.78 is 21.1. The molecule has 0 aromatic heterocycles. The number of aliphatic hydroxyl groups is 8. The van der Waals surface area contributed by atoms with Crippen LogP contribution in [0.1, 0.15) is 12.8 Å². The van der Waals surface area contributed by atoms with Gasteiger partial charge in [-0.2, -0.15) is 0 Å². The second-order valence-electron chi connectivity index (χ2n) is 7.18. The second kappa shape index (κ2) is 12.3. The minimum absolute atomic E-state index is 0.146. The first-order chi connectivity index (χ1) is 14.3. The van der Waals surface area contributed by atoms with Crippen LogP contribution in [0, 0.1) is 0 Å². The zero-order valence-corrected chi connectivity index (χ0v) is 16.4. The van der Waals surface area contributed by atoms with Crippen LogP contribution in [0.2, 0.25) is 0 Å². The largest absolute Gasteiger partial charge is 0.394 e. The molecule has 12 heteroatoms. The highest BCUT2D eigenvalue weighted by atomic mass is 16.7. The monoisotopic (exact) mass is 440 g/mol. The van der Waals surface area contributed by atoms with Gasteiger partial charge in [-0.25, -0.2) is 0 Å². The average molecular weight is 440 g/mol. The maximum Gasteiger partial charge on any atom is 0.186 e. The Labute approximate surface area is 173 Å². The molecule has 10 atom stereocenters. The fourth-order valence-corrected chi connectivity index (χ4v) is 3.15. The van der Waals surface area contributed by atoms with Gasteiger partial charge in [-0.05, 0) is 12.8 Å². The molecule has 0 amide bonds. The lowest BCUT2D eigenvalue weighted by Crippen LogP contribution is -2.59. The van der Waals surface area contributed by atoms with Crippen LogP contribution in [-0.2, 0) is 18.9 Å². The SMILES string of the molecule is OCC1O[C@H](OCC/C=C/CCO[C@@H]2OC(CO)[C@H](O)[C@H](O)C2O)C(O)[C@H](O)[C@@H]1O. The Hall–Kier alpha value is -0.740. The van der Waals surface area contributed by atoms with Gasteiger partial charge in [-0.1, -0.05) is 12.2 Å². The van der Waals surface area contributed by atoms with Crippen LogP contribution in [0.4, 0.5) is 0 Å². The van der Waals surface area contributed by atoms with Gasteiger partial charge in [0, 0.05) is 0 Å². The van der Waals surface area contributed by atoms with Crippen LogP contribution in [0.3, 0.4) is 0 Å². The van der Waals surface area contributed by atoms with Gasteiger partial charge in [0.2, 0.25) is 0 Å². The molecule has 0 bridgehead atoms. The molecule has 176 valence electrons. The lowest BCUT2D eigenvalue weighted by atomic mass is 9.99. The predicted molar refractivity (Wildman–Crippen MR) is 97.8 cm³/mol. The van der Waals surface area contributed by atoms with Gasteiger partial charge >= 0.3 is 0 Å². The number of aliphatic hydroxyl groups excluding tert-OH is 8. The van der Waals surface area contributed by atoms with E-state index in [0.29, 0.717) is 12.8 Å². The third-order valence-corrected chi connectivity index (χ3v) is 5.00. The van der Waals surface area contributed by atoms with Crippen molar-refractivity contribution < 1.29 is 59.8 Å². The molecule has 2 fully saturated rings. The average Bonchev–Trinajstić information content (AvgIpc) is 2.75. The number of hydrogen-bond acceptors (Lipinski definition) is 12. The zero-order chi connectivity index (χ0) is 22.3. The van der Waals surface area contributed by atoms with Crippen molar-refractivity contribution in [1.29, 1.82) is 0 Å². The summed E-state index contributed by atoms with van der Waals surface area (Å²) in [6.07, 6.45) is -8.74.